The van der Waals surface area contributed by atoms with Gasteiger partial charge in [-0.1, -0.05) is 19.3 Å². The Balaban J connectivity index is 1.66. The summed E-state index contributed by atoms with van der Waals surface area (Å²) in [6, 6.07) is 0.380. The maximum absolute atomic E-state index is 5.80. The Kier molecular flexibility index (Phi) is 4.69. The molecule has 21 heavy (non-hydrogen) atoms. The van der Waals surface area contributed by atoms with E-state index in [4.69, 9.17) is 10.6 Å². The van der Waals surface area contributed by atoms with Crippen LogP contribution in [0.25, 0.3) is 0 Å². The maximum atomic E-state index is 5.80. The van der Waals surface area contributed by atoms with Crippen molar-refractivity contribution in [2.45, 2.75) is 44.9 Å². The van der Waals surface area contributed by atoms with Crippen LogP contribution in [0.1, 0.15) is 44.9 Å². The molecule has 116 valence electrons. The first-order chi connectivity index (χ1) is 10.3. The van der Waals surface area contributed by atoms with E-state index in [9.17, 15) is 0 Å². The van der Waals surface area contributed by atoms with Crippen LogP contribution in [0.3, 0.4) is 0 Å². The van der Waals surface area contributed by atoms with Crippen molar-refractivity contribution in [3.8, 4) is 6.01 Å². The highest BCUT2D eigenvalue weighted by Gasteiger charge is 2.19. The minimum absolute atomic E-state index is 0.366. The van der Waals surface area contributed by atoms with Gasteiger partial charge < -0.3 is 9.64 Å². The van der Waals surface area contributed by atoms with Crippen LogP contribution in [0, 0.1) is 5.92 Å². The molecule has 7 nitrogen and oxygen atoms in total. The Morgan fingerprint density at radius 2 is 1.81 bits per heavy atom. The van der Waals surface area contributed by atoms with E-state index in [1.807, 2.05) is 0 Å². The second-order valence-electron chi connectivity index (χ2n) is 5.90. The van der Waals surface area contributed by atoms with Crippen molar-refractivity contribution in [3.63, 3.8) is 0 Å². The van der Waals surface area contributed by atoms with Crippen LogP contribution in [-0.4, -0.2) is 34.6 Å². The van der Waals surface area contributed by atoms with E-state index in [1.54, 1.807) is 0 Å². The molecule has 0 aromatic carbocycles. The fourth-order valence-corrected chi connectivity index (χ4v) is 3.08. The van der Waals surface area contributed by atoms with Crippen molar-refractivity contribution in [1.29, 1.82) is 0 Å². The maximum Gasteiger partial charge on any atom is 0.323 e. The van der Waals surface area contributed by atoms with Gasteiger partial charge in [-0.2, -0.15) is 15.0 Å². The van der Waals surface area contributed by atoms with Crippen LogP contribution in [-0.2, 0) is 0 Å². The predicted octanol–water partition coefficient (Wildman–Crippen LogP) is 1.72. The van der Waals surface area contributed by atoms with Crippen LogP contribution in [0.5, 0.6) is 6.01 Å². The average molecular weight is 292 g/mol. The molecule has 1 aliphatic carbocycles. The van der Waals surface area contributed by atoms with Gasteiger partial charge >= 0.3 is 6.01 Å². The molecule has 0 bridgehead atoms. The Hall–Kier alpha value is -1.63. The van der Waals surface area contributed by atoms with Crippen LogP contribution < -0.4 is 20.9 Å². The largest absolute Gasteiger partial charge is 0.463 e. The molecule has 1 aromatic rings. The highest BCUT2D eigenvalue weighted by atomic mass is 16.5. The lowest BCUT2D eigenvalue weighted by atomic mass is 9.90. The van der Waals surface area contributed by atoms with E-state index in [1.165, 1.54) is 44.9 Å². The highest BCUT2D eigenvalue weighted by Crippen LogP contribution is 2.25. The van der Waals surface area contributed by atoms with Gasteiger partial charge in [0.25, 0.3) is 0 Å². The second-order valence-corrected chi connectivity index (χ2v) is 5.90. The smallest absolute Gasteiger partial charge is 0.323 e. The number of aromatic nitrogens is 3. The van der Waals surface area contributed by atoms with Gasteiger partial charge in [-0.15, -0.1) is 0 Å². The van der Waals surface area contributed by atoms with Gasteiger partial charge in [0, 0.05) is 13.1 Å². The Bertz CT molecular complexity index is 457. The number of anilines is 2. The Labute approximate surface area is 125 Å². The first kappa shape index (κ1) is 14.3. The molecule has 2 fully saturated rings. The molecule has 3 rings (SSSR count). The highest BCUT2D eigenvalue weighted by molar-refractivity contribution is 5.38. The molecule has 3 N–H and O–H groups in total. The summed E-state index contributed by atoms with van der Waals surface area (Å²) in [6.07, 6.45) is 8.80. The third kappa shape index (κ3) is 3.72. The van der Waals surface area contributed by atoms with Crippen molar-refractivity contribution in [1.82, 2.24) is 15.0 Å². The lowest BCUT2D eigenvalue weighted by Crippen LogP contribution is -2.23. The van der Waals surface area contributed by atoms with E-state index in [0.29, 0.717) is 30.4 Å². The van der Waals surface area contributed by atoms with Crippen molar-refractivity contribution < 1.29 is 4.74 Å². The third-order valence-electron chi connectivity index (χ3n) is 4.29. The molecule has 1 saturated carbocycles. The van der Waals surface area contributed by atoms with Crippen LogP contribution in [0.2, 0.25) is 0 Å². The van der Waals surface area contributed by atoms with Crippen molar-refractivity contribution >= 4 is 11.9 Å². The SMILES string of the molecule is NNc1nc(OCC2CCCCC2)nc(N2CCCC2)n1. The van der Waals surface area contributed by atoms with E-state index in [-0.39, 0.29) is 0 Å². The first-order valence-electron chi connectivity index (χ1n) is 7.95. The lowest BCUT2D eigenvalue weighted by molar-refractivity contribution is 0.196. The van der Waals surface area contributed by atoms with Crippen LogP contribution >= 0.6 is 0 Å². The van der Waals surface area contributed by atoms with Crippen LogP contribution in [0.15, 0.2) is 0 Å². The van der Waals surface area contributed by atoms with Gasteiger partial charge in [0.2, 0.25) is 11.9 Å². The fourth-order valence-electron chi connectivity index (χ4n) is 3.08. The number of nitrogen functional groups attached to an aromatic ring is 1. The number of hydrazine groups is 1. The molecule has 1 aromatic heterocycles. The monoisotopic (exact) mass is 292 g/mol. The Morgan fingerprint density at radius 3 is 2.52 bits per heavy atom. The van der Waals surface area contributed by atoms with Gasteiger partial charge in [0.05, 0.1) is 6.61 Å². The summed E-state index contributed by atoms with van der Waals surface area (Å²) in [5.74, 6) is 7.10. The van der Waals surface area contributed by atoms with Gasteiger partial charge in [-0.3, -0.25) is 5.43 Å². The summed E-state index contributed by atoms with van der Waals surface area (Å²) in [5.41, 5.74) is 2.50. The molecular weight excluding hydrogens is 268 g/mol. The Morgan fingerprint density at radius 1 is 1.05 bits per heavy atom. The number of nitrogens with one attached hydrogen (secondary N) is 1. The van der Waals surface area contributed by atoms with Gasteiger partial charge in [0.1, 0.15) is 0 Å². The molecule has 0 spiro atoms. The summed E-state index contributed by atoms with van der Waals surface area (Å²) >= 11 is 0. The standard InChI is InChI=1S/C14H24N6O/c15-19-12-16-13(20-8-4-5-9-20)18-14(17-12)21-10-11-6-2-1-3-7-11/h11H,1-10,15H2,(H,16,17,18,19). The quantitative estimate of drug-likeness (QED) is 0.631. The van der Waals surface area contributed by atoms with E-state index in [0.717, 1.165) is 13.1 Å². The number of hydrogen-bond acceptors (Lipinski definition) is 7. The molecule has 0 unspecified atom stereocenters. The number of ether oxygens (including phenoxy) is 1. The van der Waals surface area contributed by atoms with Crippen LogP contribution in [0.4, 0.5) is 11.9 Å². The molecule has 7 heteroatoms. The molecule has 2 aliphatic rings. The van der Waals surface area contributed by atoms with E-state index in [2.05, 4.69) is 25.3 Å². The van der Waals surface area contributed by atoms with E-state index < -0.39 is 0 Å². The zero-order valence-electron chi connectivity index (χ0n) is 12.4. The third-order valence-corrected chi connectivity index (χ3v) is 4.29. The second kappa shape index (κ2) is 6.89. The summed E-state index contributed by atoms with van der Waals surface area (Å²) in [7, 11) is 0. The minimum atomic E-state index is 0.366. The predicted molar refractivity (Wildman–Crippen MR) is 81.2 cm³/mol. The molecule has 0 atom stereocenters. The summed E-state index contributed by atoms with van der Waals surface area (Å²) in [5, 5.41) is 0. The molecule has 1 saturated heterocycles. The zero-order valence-corrected chi connectivity index (χ0v) is 12.4. The average Bonchev–Trinajstić information content (AvgIpc) is 3.08. The minimum Gasteiger partial charge on any atom is -0.463 e. The number of rotatable bonds is 5. The van der Waals surface area contributed by atoms with E-state index >= 15 is 0 Å². The van der Waals surface area contributed by atoms with Gasteiger partial charge in [0.15, 0.2) is 0 Å². The number of hydrogen-bond donors (Lipinski definition) is 2. The number of nitrogens with zero attached hydrogens (tertiary/aromatic N) is 4. The first-order valence-corrected chi connectivity index (χ1v) is 7.95. The summed E-state index contributed by atoms with van der Waals surface area (Å²) in [6.45, 7) is 2.65. The summed E-state index contributed by atoms with van der Waals surface area (Å²) in [4.78, 5) is 15.1. The summed E-state index contributed by atoms with van der Waals surface area (Å²) < 4.78 is 5.80. The molecule has 2 heterocycles. The fraction of sp³-hybridized carbons (Fsp3) is 0.786. The van der Waals surface area contributed by atoms with Crippen molar-refractivity contribution in [2.24, 2.45) is 11.8 Å². The lowest BCUT2D eigenvalue weighted by Gasteiger charge is -2.21. The molecular formula is C14H24N6O. The number of nitrogens with two attached hydrogens (primary N) is 1. The van der Waals surface area contributed by atoms with Gasteiger partial charge in [-0.25, -0.2) is 5.84 Å². The normalized spacial score (nSPS) is 19.8. The molecule has 1 aliphatic heterocycles. The zero-order chi connectivity index (χ0) is 14.5. The van der Waals surface area contributed by atoms with Crippen molar-refractivity contribution in [2.75, 3.05) is 30.0 Å². The van der Waals surface area contributed by atoms with Crippen molar-refractivity contribution in [3.05, 3.63) is 0 Å². The van der Waals surface area contributed by atoms with Gasteiger partial charge in [-0.05, 0) is 31.6 Å². The molecule has 0 amide bonds. The molecule has 0 radical (unpaired) electrons. The topological polar surface area (TPSA) is 89.2 Å².